The van der Waals surface area contributed by atoms with Crippen LogP contribution in [0.1, 0.15) is 32.1 Å². The molecule has 1 aromatic rings. The lowest BCUT2D eigenvalue weighted by molar-refractivity contribution is -0.122. The van der Waals surface area contributed by atoms with Crippen LogP contribution >= 0.6 is 23.5 Å². The van der Waals surface area contributed by atoms with E-state index in [1.807, 2.05) is 23.5 Å². The van der Waals surface area contributed by atoms with Crippen molar-refractivity contribution >= 4 is 29.3 Å². The Morgan fingerprint density at radius 2 is 1.71 bits per heavy atom. The number of hydrogen-bond donors (Lipinski definition) is 0. The molecule has 3 heteroatoms. The second kappa shape index (κ2) is 5.07. The molecule has 0 aromatic heterocycles. The highest BCUT2D eigenvalue weighted by Crippen LogP contribution is 2.52. The summed E-state index contributed by atoms with van der Waals surface area (Å²) in [5, 5.41) is 0. The lowest BCUT2D eigenvalue weighted by Gasteiger charge is -2.18. The SMILES string of the molecule is O=C1CCCCCC1C1Sc2ccccc2S1. The molecule has 0 bridgehead atoms. The van der Waals surface area contributed by atoms with Crippen LogP contribution in [0.3, 0.4) is 0 Å². The molecule has 1 aliphatic heterocycles. The first-order chi connectivity index (χ1) is 8.34. The van der Waals surface area contributed by atoms with Crippen molar-refractivity contribution in [3.05, 3.63) is 24.3 Å². The van der Waals surface area contributed by atoms with E-state index in [4.69, 9.17) is 0 Å². The molecule has 1 saturated carbocycles. The van der Waals surface area contributed by atoms with Gasteiger partial charge in [-0.05, 0) is 25.0 Å². The van der Waals surface area contributed by atoms with Crippen molar-refractivity contribution in [3.63, 3.8) is 0 Å². The monoisotopic (exact) mass is 264 g/mol. The number of thioether (sulfide) groups is 2. The molecule has 2 aliphatic rings. The summed E-state index contributed by atoms with van der Waals surface area (Å²) in [6.07, 6.45) is 5.46. The molecule has 3 rings (SSSR count). The van der Waals surface area contributed by atoms with Crippen LogP contribution in [0.5, 0.6) is 0 Å². The number of fused-ring (bicyclic) bond motifs is 1. The third kappa shape index (κ3) is 2.41. The number of ketones is 1. The van der Waals surface area contributed by atoms with Crippen LogP contribution in [0.25, 0.3) is 0 Å². The van der Waals surface area contributed by atoms with Gasteiger partial charge >= 0.3 is 0 Å². The van der Waals surface area contributed by atoms with Gasteiger partial charge in [-0.2, -0.15) is 0 Å². The molecule has 1 fully saturated rings. The summed E-state index contributed by atoms with van der Waals surface area (Å²) < 4.78 is 0.429. The van der Waals surface area contributed by atoms with E-state index < -0.39 is 0 Å². The highest BCUT2D eigenvalue weighted by Gasteiger charge is 2.34. The first-order valence-electron chi connectivity index (χ1n) is 6.29. The van der Waals surface area contributed by atoms with E-state index in [0.717, 1.165) is 19.3 Å². The summed E-state index contributed by atoms with van der Waals surface area (Å²) in [5.41, 5.74) is 0. The molecule has 90 valence electrons. The third-order valence-corrected chi connectivity index (χ3v) is 6.56. The first kappa shape index (κ1) is 11.7. The predicted octanol–water partition coefficient (Wildman–Crippen LogP) is 4.36. The molecule has 1 aromatic carbocycles. The summed E-state index contributed by atoms with van der Waals surface area (Å²) in [4.78, 5) is 14.8. The van der Waals surface area contributed by atoms with Gasteiger partial charge in [-0.1, -0.05) is 25.0 Å². The van der Waals surface area contributed by atoms with Crippen molar-refractivity contribution in [2.75, 3.05) is 0 Å². The molecule has 0 spiro atoms. The minimum Gasteiger partial charge on any atom is -0.299 e. The van der Waals surface area contributed by atoms with Crippen LogP contribution < -0.4 is 0 Å². The van der Waals surface area contributed by atoms with Crippen LogP contribution in [0.15, 0.2) is 34.1 Å². The van der Waals surface area contributed by atoms with Crippen molar-refractivity contribution in [2.24, 2.45) is 5.92 Å². The van der Waals surface area contributed by atoms with E-state index in [1.165, 1.54) is 22.6 Å². The Morgan fingerprint density at radius 3 is 2.41 bits per heavy atom. The molecule has 0 N–H and O–H groups in total. The Kier molecular flexibility index (Phi) is 3.48. The lowest BCUT2D eigenvalue weighted by atomic mass is 10.0. The van der Waals surface area contributed by atoms with Crippen molar-refractivity contribution in [3.8, 4) is 0 Å². The molecule has 1 nitrogen and oxygen atoms in total. The summed E-state index contributed by atoms with van der Waals surface area (Å²) in [6, 6.07) is 8.52. The Bertz CT molecular complexity index is 405. The Morgan fingerprint density at radius 1 is 1.00 bits per heavy atom. The van der Waals surface area contributed by atoms with Crippen LogP contribution in [0.4, 0.5) is 0 Å². The molecule has 0 radical (unpaired) electrons. The van der Waals surface area contributed by atoms with Gasteiger partial charge in [0.15, 0.2) is 0 Å². The van der Waals surface area contributed by atoms with Gasteiger partial charge in [0, 0.05) is 22.1 Å². The normalized spacial score (nSPS) is 25.6. The molecular formula is C14H16OS2. The lowest BCUT2D eigenvalue weighted by Crippen LogP contribution is -2.21. The maximum Gasteiger partial charge on any atom is 0.137 e. The Hall–Kier alpha value is -0.410. The third-order valence-electron chi connectivity index (χ3n) is 3.52. The van der Waals surface area contributed by atoms with E-state index in [-0.39, 0.29) is 5.92 Å². The fourth-order valence-electron chi connectivity index (χ4n) is 2.56. The molecular weight excluding hydrogens is 248 g/mol. The molecule has 17 heavy (non-hydrogen) atoms. The molecule has 0 amide bonds. The van der Waals surface area contributed by atoms with Gasteiger partial charge in [-0.25, -0.2) is 0 Å². The molecule has 1 unspecified atom stereocenters. The maximum absolute atomic E-state index is 12.1. The average Bonchev–Trinajstić information content (AvgIpc) is 2.65. The highest BCUT2D eigenvalue weighted by atomic mass is 32.2. The van der Waals surface area contributed by atoms with Crippen molar-refractivity contribution < 1.29 is 4.79 Å². The molecule has 1 heterocycles. The van der Waals surface area contributed by atoms with Crippen molar-refractivity contribution in [1.29, 1.82) is 0 Å². The highest BCUT2D eigenvalue weighted by molar-refractivity contribution is 8.19. The van der Waals surface area contributed by atoms with Crippen molar-refractivity contribution in [2.45, 2.75) is 46.5 Å². The first-order valence-corrected chi connectivity index (χ1v) is 8.05. The molecule has 1 aliphatic carbocycles. The second-order valence-electron chi connectivity index (χ2n) is 4.72. The fourth-order valence-corrected chi connectivity index (χ4v) is 5.75. The Balaban J connectivity index is 1.76. The van der Waals surface area contributed by atoms with Gasteiger partial charge in [0.2, 0.25) is 0 Å². The second-order valence-corrected chi connectivity index (χ2v) is 7.39. The van der Waals surface area contributed by atoms with Crippen LogP contribution in [-0.2, 0) is 4.79 Å². The fraction of sp³-hybridized carbons (Fsp3) is 0.500. The zero-order chi connectivity index (χ0) is 11.7. The summed E-state index contributed by atoms with van der Waals surface area (Å²) in [5.74, 6) is 0.778. The smallest absolute Gasteiger partial charge is 0.137 e. The number of benzene rings is 1. The van der Waals surface area contributed by atoms with E-state index in [2.05, 4.69) is 24.3 Å². The maximum atomic E-state index is 12.1. The van der Waals surface area contributed by atoms with Gasteiger partial charge in [0.1, 0.15) is 5.78 Å². The largest absolute Gasteiger partial charge is 0.299 e. The van der Waals surface area contributed by atoms with E-state index in [1.54, 1.807) is 0 Å². The molecule has 0 saturated heterocycles. The topological polar surface area (TPSA) is 17.1 Å². The number of carbonyl (C=O) groups is 1. The van der Waals surface area contributed by atoms with E-state index in [0.29, 0.717) is 10.4 Å². The van der Waals surface area contributed by atoms with E-state index >= 15 is 0 Å². The number of hydrogen-bond acceptors (Lipinski definition) is 3. The van der Waals surface area contributed by atoms with Gasteiger partial charge < -0.3 is 0 Å². The molecule has 1 atom stereocenters. The number of Topliss-reactive ketones (excluding diaryl/α,β-unsaturated/α-hetero) is 1. The van der Waals surface area contributed by atoms with E-state index in [9.17, 15) is 4.79 Å². The van der Waals surface area contributed by atoms with Gasteiger partial charge in [0.25, 0.3) is 0 Å². The summed E-state index contributed by atoms with van der Waals surface area (Å²) in [7, 11) is 0. The zero-order valence-corrected chi connectivity index (χ0v) is 11.4. The number of rotatable bonds is 1. The van der Waals surface area contributed by atoms with Crippen molar-refractivity contribution in [1.82, 2.24) is 0 Å². The predicted molar refractivity (Wildman–Crippen MR) is 73.5 cm³/mol. The van der Waals surface area contributed by atoms with Crippen LogP contribution in [0, 0.1) is 5.92 Å². The summed E-state index contributed by atoms with van der Waals surface area (Å²) in [6.45, 7) is 0. The minimum atomic E-state index is 0.278. The average molecular weight is 264 g/mol. The van der Waals surface area contributed by atoms with Gasteiger partial charge in [-0.3, -0.25) is 4.79 Å². The minimum absolute atomic E-state index is 0.278. The van der Waals surface area contributed by atoms with Crippen LogP contribution in [-0.4, -0.2) is 10.4 Å². The number of carbonyl (C=O) groups excluding carboxylic acids is 1. The van der Waals surface area contributed by atoms with Crippen LogP contribution in [0.2, 0.25) is 0 Å². The summed E-state index contributed by atoms with van der Waals surface area (Å²) >= 11 is 3.80. The standard InChI is InChI=1S/C14H16OS2/c15-11-7-3-1-2-6-10(11)14-16-12-8-4-5-9-13(12)17-14/h4-5,8-10,14H,1-3,6-7H2. The van der Waals surface area contributed by atoms with Gasteiger partial charge in [-0.15, -0.1) is 23.5 Å². The zero-order valence-electron chi connectivity index (χ0n) is 9.72. The Labute approximate surface area is 111 Å². The quantitative estimate of drug-likeness (QED) is 0.702. The van der Waals surface area contributed by atoms with Gasteiger partial charge in [0.05, 0.1) is 4.58 Å².